The van der Waals surface area contributed by atoms with E-state index in [2.05, 4.69) is 14.8 Å². The maximum Gasteiger partial charge on any atom is 0.387 e. The van der Waals surface area contributed by atoms with Crippen LogP contribution < -0.4 is 15.8 Å². The van der Waals surface area contributed by atoms with Gasteiger partial charge in [-0.3, -0.25) is 4.79 Å². The predicted molar refractivity (Wildman–Crippen MR) is 69.5 cm³/mol. The molecule has 3 N–H and O–H groups in total. The molecule has 0 fully saturated rings. The summed E-state index contributed by atoms with van der Waals surface area (Å²) in [5, 5.41) is 2.44. The van der Waals surface area contributed by atoms with Crippen molar-refractivity contribution in [3.05, 3.63) is 29.8 Å². The second-order valence-electron chi connectivity index (χ2n) is 3.97. The van der Waals surface area contributed by atoms with Crippen LogP contribution in [0.3, 0.4) is 0 Å². The molecule has 1 amide bonds. The molecule has 0 aliphatic carbocycles. The number of halogens is 2. The Bertz CT molecular complexity index is 480. The van der Waals surface area contributed by atoms with Crippen LogP contribution in [0.25, 0.3) is 0 Å². The zero-order valence-electron chi connectivity index (χ0n) is 11.3. The lowest BCUT2D eigenvalue weighted by Crippen LogP contribution is -2.46. The van der Waals surface area contributed by atoms with E-state index in [0.717, 1.165) is 0 Å². The summed E-state index contributed by atoms with van der Waals surface area (Å²) in [6, 6.07) is 4.31. The lowest BCUT2D eigenvalue weighted by atomic mass is 10.2. The predicted octanol–water partition coefficient (Wildman–Crippen LogP) is 0.795. The molecule has 0 heterocycles. The van der Waals surface area contributed by atoms with Gasteiger partial charge in [0.25, 0.3) is 0 Å². The van der Waals surface area contributed by atoms with E-state index in [9.17, 15) is 18.4 Å². The second-order valence-corrected chi connectivity index (χ2v) is 3.97. The number of benzene rings is 1. The van der Waals surface area contributed by atoms with Gasteiger partial charge in [0.15, 0.2) is 6.04 Å². The minimum absolute atomic E-state index is 0.0169. The first-order valence-electron chi connectivity index (χ1n) is 6.17. The highest BCUT2D eigenvalue weighted by Crippen LogP contribution is 2.14. The molecule has 0 radical (unpaired) electrons. The van der Waals surface area contributed by atoms with Gasteiger partial charge in [-0.2, -0.15) is 8.78 Å². The number of hydrogen-bond donors (Lipinski definition) is 2. The maximum absolute atomic E-state index is 12.0. The van der Waals surface area contributed by atoms with E-state index < -0.39 is 24.5 Å². The molecule has 0 bridgehead atoms. The van der Waals surface area contributed by atoms with Crippen molar-refractivity contribution in [2.75, 3.05) is 6.61 Å². The van der Waals surface area contributed by atoms with Gasteiger partial charge in [0, 0.05) is 6.54 Å². The van der Waals surface area contributed by atoms with Crippen LogP contribution in [-0.4, -0.2) is 31.1 Å². The Labute approximate surface area is 120 Å². The molecule has 21 heavy (non-hydrogen) atoms. The summed E-state index contributed by atoms with van der Waals surface area (Å²) in [6.07, 6.45) is 0. The van der Waals surface area contributed by atoms with Crippen LogP contribution in [-0.2, 0) is 20.9 Å². The molecule has 0 aromatic heterocycles. The van der Waals surface area contributed by atoms with Gasteiger partial charge in [-0.05, 0) is 24.6 Å². The molecule has 1 unspecified atom stereocenters. The first-order valence-corrected chi connectivity index (χ1v) is 6.17. The summed E-state index contributed by atoms with van der Waals surface area (Å²) in [7, 11) is 0. The molecule has 1 rings (SSSR count). The minimum atomic E-state index is -2.89. The van der Waals surface area contributed by atoms with Crippen LogP contribution in [0.5, 0.6) is 5.75 Å². The number of esters is 1. The molecule has 1 atom stereocenters. The van der Waals surface area contributed by atoms with Crippen molar-refractivity contribution in [3.63, 3.8) is 0 Å². The van der Waals surface area contributed by atoms with E-state index in [1.165, 1.54) is 24.3 Å². The standard InChI is InChI=1S/C13H16F2N2O4/c1-2-20-12(19)10(16)11(18)17-7-8-3-5-9(6-4-8)21-13(14)15/h3-6,10,13H,2,7,16H2,1H3,(H,17,18). The average molecular weight is 302 g/mol. The number of nitrogens with two attached hydrogens (primary N) is 1. The molecular formula is C13H16F2N2O4. The highest BCUT2D eigenvalue weighted by molar-refractivity contribution is 6.01. The topological polar surface area (TPSA) is 90.7 Å². The zero-order valence-corrected chi connectivity index (χ0v) is 11.3. The molecule has 0 aliphatic rings. The fraction of sp³-hybridized carbons (Fsp3) is 0.385. The molecule has 1 aromatic rings. The molecule has 116 valence electrons. The van der Waals surface area contributed by atoms with Gasteiger partial charge < -0.3 is 20.5 Å². The van der Waals surface area contributed by atoms with Crippen molar-refractivity contribution >= 4 is 11.9 Å². The van der Waals surface area contributed by atoms with Crippen LogP contribution in [0.2, 0.25) is 0 Å². The van der Waals surface area contributed by atoms with E-state index in [4.69, 9.17) is 5.73 Å². The third-order valence-electron chi connectivity index (χ3n) is 2.44. The molecular weight excluding hydrogens is 286 g/mol. The molecule has 0 aliphatic heterocycles. The highest BCUT2D eigenvalue weighted by Gasteiger charge is 2.22. The van der Waals surface area contributed by atoms with Gasteiger partial charge >= 0.3 is 12.6 Å². The largest absolute Gasteiger partial charge is 0.464 e. The van der Waals surface area contributed by atoms with Crippen LogP contribution >= 0.6 is 0 Å². The normalized spacial score (nSPS) is 11.9. The van der Waals surface area contributed by atoms with Crippen LogP contribution in [0.4, 0.5) is 8.78 Å². The van der Waals surface area contributed by atoms with Crippen molar-refractivity contribution in [3.8, 4) is 5.75 Å². The van der Waals surface area contributed by atoms with Gasteiger partial charge in [-0.25, -0.2) is 4.79 Å². The van der Waals surface area contributed by atoms with Crippen molar-refractivity contribution in [2.24, 2.45) is 5.73 Å². The number of ether oxygens (including phenoxy) is 2. The summed E-state index contributed by atoms with van der Waals surface area (Å²) in [4.78, 5) is 22.8. The first kappa shape index (κ1) is 16.8. The van der Waals surface area contributed by atoms with Crippen LogP contribution in [0, 0.1) is 0 Å². The van der Waals surface area contributed by atoms with Gasteiger partial charge in [-0.15, -0.1) is 0 Å². The SMILES string of the molecule is CCOC(=O)C(N)C(=O)NCc1ccc(OC(F)F)cc1. The summed E-state index contributed by atoms with van der Waals surface area (Å²) in [5.74, 6) is -1.47. The Morgan fingerprint density at radius 1 is 1.29 bits per heavy atom. The summed E-state index contributed by atoms with van der Waals surface area (Å²) < 4.78 is 32.7. The summed E-state index contributed by atoms with van der Waals surface area (Å²) in [6.45, 7) is -1.06. The van der Waals surface area contributed by atoms with Crippen LogP contribution in [0.1, 0.15) is 12.5 Å². The number of carbonyl (C=O) groups is 2. The molecule has 8 heteroatoms. The van der Waals surface area contributed by atoms with E-state index in [0.29, 0.717) is 5.56 Å². The number of amides is 1. The Kier molecular flexibility index (Phi) is 6.54. The van der Waals surface area contributed by atoms with Gasteiger partial charge in [0.2, 0.25) is 5.91 Å². The monoisotopic (exact) mass is 302 g/mol. The molecule has 6 nitrogen and oxygen atoms in total. The van der Waals surface area contributed by atoms with Crippen LogP contribution in [0.15, 0.2) is 24.3 Å². The lowest BCUT2D eigenvalue weighted by Gasteiger charge is -2.11. The summed E-state index contributed by atoms with van der Waals surface area (Å²) >= 11 is 0. The highest BCUT2D eigenvalue weighted by atomic mass is 19.3. The quantitative estimate of drug-likeness (QED) is 0.574. The van der Waals surface area contributed by atoms with Gasteiger partial charge in [0.1, 0.15) is 5.75 Å². The van der Waals surface area contributed by atoms with E-state index in [1.807, 2.05) is 0 Å². The first-order chi connectivity index (χ1) is 9.93. The van der Waals surface area contributed by atoms with Gasteiger partial charge in [0.05, 0.1) is 6.61 Å². The molecule has 0 saturated carbocycles. The number of rotatable bonds is 7. The Morgan fingerprint density at radius 3 is 2.43 bits per heavy atom. The number of alkyl halides is 2. The van der Waals surface area contributed by atoms with Gasteiger partial charge in [-0.1, -0.05) is 12.1 Å². The van der Waals surface area contributed by atoms with E-state index in [-0.39, 0.29) is 18.9 Å². The minimum Gasteiger partial charge on any atom is -0.464 e. The molecule has 1 aromatic carbocycles. The third kappa shape index (κ3) is 5.74. The van der Waals surface area contributed by atoms with E-state index >= 15 is 0 Å². The Morgan fingerprint density at radius 2 is 1.90 bits per heavy atom. The Hall–Kier alpha value is -2.22. The number of hydrogen-bond acceptors (Lipinski definition) is 5. The van der Waals surface area contributed by atoms with E-state index in [1.54, 1.807) is 6.92 Å². The number of carbonyl (C=O) groups excluding carboxylic acids is 2. The molecule has 0 saturated heterocycles. The van der Waals surface area contributed by atoms with Crippen molar-refractivity contribution in [1.29, 1.82) is 0 Å². The second kappa shape index (κ2) is 8.15. The van der Waals surface area contributed by atoms with Crippen molar-refractivity contribution in [1.82, 2.24) is 5.32 Å². The third-order valence-corrected chi connectivity index (χ3v) is 2.44. The smallest absolute Gasteiger partial charge is 0.387 e. The fourth-order valence-corrected chi connectivity index (χ4v) is 1.43. The summed E-state index contributed by atoms with van der Waals surface area (Å²) in [5.41, 5.74) is 6.04. The van der Waals surface area contributed by atoms with Crippen molar-refractivity contribution in [2.45, 2.75) is 26.1 Å². The number of nitrogens with one attached hydrogen (secondary N) is 1. The molecule has 0 spiro atoms. The maximum atomic E-state index is 12.0. The Balaban J connectivity index is 2.47. The fourth-order valence-electron chi connectivity index (χ4n) is 1.43. The lowest BCUT2D eigenvalue weighted by molar-refractivity contribution is -0.148. The zero-order chi connectivity index (χ0) is 15.8. The van der Waals surface area contributed by atoms with Crippen molar-refractivity contribution < 1.29 is 27.8 Å². The average Bonchev–Trinajstić information content (AvgIpc) is 2.45.